The van der Waals surface area contributed by atoms with Crippen molar-refractivity contribution < 1.29 is 14.3 Å². The lowest BCUT2D eigenvalue weighted by Gasteiger charge is -2.20. The van der Waals surface area contributed by atoms with E-state index in [-0.39, 0.29) is 18.2 Å². The Kier molecular flexibility index (Phi) is 4.27. The summed E-state index contributed by atoms with van der Waals surface area (Å²) in [5.74, 6) is -0.739. The highest BCUT2D eigenvalue weighted by molar-refractivity contribution is 6.04. The molecular weight excluding hydrogens is 168 g/mol. The maximum atomic E-state index is 11.6. The summed E-state index contributed by atoms with van der Waals surface area (Å²) in [5.41, 5.74) is -0.456. The lowest BCUT2D eigenvalue weighted by molar-refractivity contribution is -0.138. The average Bonchev–Trinajstić information content (AvgIpc) is 2.00. The Bertz CT molecular complexity index is 201. The Morgan fingerprint density at radius 2 is 1.77 bits per heavy atom. The van der Waals surface area contributed by atoms with Crippen LogP contribution in [0.4, 0.5) is 0 Å². The normalized spacial score (nSPS) is 13.9. The number of carbonyl (C=O) groups is 2. The Hall–Kier alpha value is -0.700. The van der Waals surface area contributed by atoms with Crippen molar-refractivity contribution in [3.05, 3.63) is 0 Å². The summed E-state index contributed by atoms with van der Waals surface area (Å²) in [6, 6.07) is 0. The summed E-state index contributed by atoms with van der Waals surface area (Å²) >= 11 is 0. The summed E-state index contributed by atoms with van der Waals surface area (Å²) in [5, 5.41) is 0. The molecule has 0 saturated heterocycles. The van der Waals surface area contributed by atoms with Gasteiger partial charge in [-0.05, 0) is 6.92 Å². The number of ether oxygens (including phenoxy) is 1. The van der Waals surface area contributed by atoms with Gasteiger partial charge in [-0.25, -0.2) is 0 Å². The van der Waals surface area contributed by atoms with Gasteiger partial charge in [0.2, 0.25) is 0 Å². The first kappa shape index (κ1) is 12.3. The molecule has 0 radical (unpaired) electrons. The van der Waals surface area contributed by atoms with Crippen molar-refractivity contribution in [2.75, 3.05) is 13.7 Å². The molecule has 3 nitrogen and oxygen atoms in total. The summed E-state index contributed by atoms with van der Waals surface area (Å²) in [7, 11) is 1.45. The van der Waals surface area contributed by atoms with Crippen molar-refractivity contribution in [2.24, 2.45) is 11.3 Å². The third kappa shape index (κ3) is 3.68. The molecule has 0 aromatic carbocycles. The molecule has 0 aromatic rings. The maximum Gasteiger partial charge on any atom is 0.168 e. The van der Waals surface area contributed by atoms with E-state index in [1.54, 1.807) is 6.92 Å². The minimum absolute atomic E-state index is 0.0169. The quantitative estimate of drug-likeness (QED) is 0.624. The Morgan fingerprint density at radius 3 is 2.08 bits per heavy atom. The number of Topliss-reactive ketones (excluding diaryl/α,β-unsaturated/α-hetero) is 2. The molecule has 0 aliphatic rings. The van der Waals surface area contributed by atoms with E-state index in [0.29, 0.717) is 0 Å². The number of hydrogen-bond donors (Lipinski definition) is 0. The molecule has 3 heteroatoms. The predicted molar refractivity (Wildman–Crippen MR) is 50.5 cm³/mol. The zero-order chi connectivity index (χ0) is 10.6. The van der Waals surface area contributed by atoms with E-state index >= 15 is 0 Å². The molecule has 0 N–H and O–H groups in total. The smallest absolute Gasteiger partial charge is 0.168 e. The van der Waals surface area contributed by atoms with Crippen LogP contribution < -0.4 is 0 Å². The monoisotopic (exact) mass is 186 g/mol. The van der Waals surface area contributed by atoms with Crippen molar-refractivity contribution in [2.45, 2.75) is 27.7 Å². The van der Waals surface area contributed by atoms with E-state index in [1.807, 2.05) is 20.8 Å². The molecule has 0 spiro atoms. The van der Waals surface area contributed by atoms with Crippen LogP contribution in [0.3, 0.4) is 0 Å². The van der Waals surface area contributed by atoms with E-state index in [9.17, 15) is 9.59 Å². The zero-order valence-corrected chi connectivity index (χ0v) is 9.01. The van der Waals surface area contributed by atoms with Gasteiger partial charge in [0.1, 0.15) is 12.4 Å². The van der Waals surface area contributed by atoms with Gasteiger partial charge in [-0.2, -0.15) is 0 Å². The molecule has 1 atom stereocenters. The molecule has 0 bridgehead atoms. The lowest BCUT2D eigenvalue weighted by Crippen LogP contribution is -2.33. The molecule has 0 rings (SSSR count). The number of ketones is 2. The molecule has 0 heterocycles. The van der Waals surface area contributed by atoms with Crippen molar-refractivity contribution >= 4 is 11.6 Å². The van der Waals surface area contributed by atoms with Gasteiger partial charge in [-0.1, -0.05) is 20.8 Å². The highest BCUT2D eigenvalue weighted by Crippen LogP contribution is 2.20. The van der Waals surface area contributed by atoms with Crippen LogP contribution in [-0.4, -0.2) is 25.3 Å². The van der Waals surface area contributed by atoms with Crippen LogP contribution in [0.2, 0.25) is 0 Å². The first-order valence-corrected chi connectivity index (χ1v) is 4.36. The van der Waals surface area contributed by atoms with Crippen LogP contribution in [0.25, 0.3) is 0 Å². The summed E-state index contributed by atoms with van der Waals surface area (Å²) in [6.07, 6.45) is 0. The van der Waals surface area contributed by atoms with Gasteiger partial charge in [-0.15, -0.1) is 0 Å². The van der Waals surface area contributed by atoms with Crippen molar-refractivity contribution in [1.82, 2.24) is 0 Å². The summed E-state index contributed by atoms with van der Waals surface area (Å²) < 4.78 is 4.69. The van der Waals surface area contributed by atoms with E-state index in [4.69, 9.17) is 0 Å². The third-order valence-electron chi connectivity index (χ3n) is 1.90. The van der Waals surface area contributed by atoms with Crippen molar-refractivity contribution in [3.63, 3.8) is 0 Å². The predicted octanol–water partition coefficient (Wildman–Crippen LogP) is 1.45. The molecule has 0 aliphatic heterocycles. The fourth-order valence-corrected chi connectivity index (χ4v) is 1.06. The molecule has 0 fully saturated rings. The molecule has 76 valence electrons. The topological polar surface area (TPSA) is 43.4 Å². The van der Waals surface area contributed by atoms with Gasteiger partial charge in [0.25, 0.3) is 0 Å². The third-order valence-corrected chi connectivity index (χ3v) is 1.90. The van der Waals surface area contributed by atoms with Crippen LogP contribution in [0.5, 0.6) is 0 Å². The van der Waals surface area contributed by atoms with E-state index in [2.05, 4.69) is 4.74 Å². The van der Waals surface area contributed by atoms with Gasteiger partial charge in [-0.3, -0.25) is 9.59 Å². The van der Waals surface area contributed by atoms with Crippen LogP contribution in [0.15, 0.2) is 0 Å². The van der Waals surface area contributed by atoms with E-state index < -0.39 is 11.3 Å². The van der Waals surface area contributed by atoms with Gasteiger partial charge >= 0.3 is 0 Å². The standard InChI is InChI=1S/C10H18O3/c1-7(8(11)6-13-5)9(12)10(2,3)4/h7H,6H2,1-5H3. The zero-order valence-electron chi connectivity index (χ0n) is 9.01. The van der Waals surface area contributed by atoms with Gasteiger partial charge < -0.3 is 4.74 Å². The number of carbonyl (C=O) groups excluding carboxylic acids is 2. The molecular formula is C10H18O3. The van der Waals surface area contributed by atoms with Crippen molar-refractivity contribution in [3.8, 4) is 0 Å². The molecule has 0 aromatic heterocycles. The molecule has 0 amide bonds. The molecule has 1 unspecified atom stereocenters. The molecule has 13 heavy (non-hydrogen) atoms. The Balaban J connectivity index is 4.35. The number of methoxy groups -OCH3 is 1. The second kappa shape index (κ2) is 4.51. The SMILES string of the molecule is COCC(=O)C(C)C(=O)C(C)(C)C. The van der Waals surface area contributed by atoms with Crippen LogP contribution in [0, 0.1) is 11.3 Å². The highest BCUT2D eigenvalue weighted by atomic mass is 16.5. The lowest BCUT2D eigenvalue weighted by atomic mass is 9.82. The average molecular weight is 186 g/mol. The highest BCUT2D eigenvalue weighted by Gasteiger charge is 2.30. The maximum absolute atomic E-state index is 11.6. The van der Waals surface area contributed by atoms with Crippen molar-refractivity contribution in [1.29, 1.82) is 0 Å². The van der Waals surface area contributed by atoms with E-state index in [0.717, 1.165) is 0 Å². The first-order chi connectivity index (χ1) is 5.80. The Morgan fingerprint density at radius 1 is 1.31 bits per heavy atom. The minimum Gasteiger partial charge on any atom is -0.377 e. The number of rotatable bonds is 4. The summed E-state index contributed by atoms with van der Waals surface area (Å²) in [4.78, 5) is 22.9. The second-order valence-corrected chi connectivity index (χ2v) is 4.24. The van der Waals surface area contributed by atoms with E-state index in [1.165, 1.54) is 7.11 Å². The number of hydrogen-bond acceptors (Lipinski definition) is 3. The van der Waals surface area contributed by atoms with Crippen LogP contribution >= 0.6 is 0 Å². The fourth-order valence-electron chi connectivity index (χ4n) is 1.06. The first-order valence-electron chi connectivity index (χ1n) is 4.36. The molecule has 0 aliphatic carbocycles. The van der Waals surface area contributed by atoms with Crippen LogP contribution in [-0.2, 0) is 14.3 Å². The van der Waals surface area contributed by atoms with Gasteiger partial charge in [0.05, 0.1) is 5.92 Å². The molecule has 0 saturated carbocycles. The summed E-state index contributed by atoms with van der Waals surface area (Å²) in [6.45, 7) is 7.08. The Labute approximate surface area is 79.5 Å². The second-order valence-electron chi connectivity index (χ2n) is 4.24. The minimum atomic E-state index is -0.556. The van der Waals surface area contributed by atoms with Gasteiger partial charge in [0.15, 0.2) is 5.78 Å². The largest absolute Gasteiger partial charge is 0.377 e. The van der Waals surface area contributed by atoms with Gasteiger partial charge in [0, 0.05) is 12.5 Å². The fraction of sp³-hybridized carbons (Fsp3) is 0.800. The van der Waals surface area contributed by atoms with Crippen LogP contribution in [0.1, 0.15) is 27.7 Å².